The van der Waals surface area contributed by atoms with Gasteiger partial charge in [0.2, 0.25) is 0 Å². The molecule has 0 radical (unpaired) electrons. The second-order valence-corrected chi connectivity index (χ2v) is 2.27. The van der Waals surface area contributed by atoms with Crippen LogP contribution in [0.3, 0.4) is 0 Å². The maximum absolute atomic E-state index is 8.49. The third-order valence-corrected chi connectivity index (χ3v) is 0. The fourth-order valence-electron chi connectivity index (χ4n) is 0. The molecule has 0 saturated heterocycles. The first-order chi connectivity index (χ1) is 4.00. The van der Waals surface area contributed by atoms with Crippen molar-refractivity contribution in [2.24, 2.45) is 0 Å². The summed E-state index contributed by atoms with van der Waals surface area (Å²) in [5, 5.41) is 0. The second kappa shape index (κ2) is 6.67. The molecule has 0 heterocycles. The first-order valence-electron chi connectivity index (χ1n) is 1.23. The van der Waals surface area contributed by atoms with Crippen LogP contribution >= 0.6 is 0 Å². The molecule has 0 saturated carbocycles. The van der Waals surface area contributed by atoms with Crippen molar-refractivity contribution < 1.29 is 57.8 Å². The summed E-state index contributed by atoms with van der Waals surface area (Å²) in [6.07, 6.45) is 0. The van der Waals surface area contributed by atoms with Gasteiger partial charge in [0.25, 0.3) is 0 Å². The van der Waals surface area contributed by atoms with Crippen LogP contribution in [-0.2, 0) is 0 Å². The Morgan fingerprint density at radius 2 is 0.455 bits per heavy atom. The van der Waals surface area contributed by atoms with E-state index in [0.717, 1.165) is 0 Å². The first kappa shape index (κ1) is 18.1. The predicted molar refractivity (Wildman–Crippen MR) is 8.54 cm³/mol. The first-order valence-corrected chi connectivity index (χ1v) is 3.70. The van der Waals surface area contributed by atoms with Gasteiger partial charge in [-0.15, -0.1) is 20.5 Å². The molecule has 0 aliphatic heterocycles. The average molecular weight is 408 g/mol. The molecule has 0 aromatic heterocycles. The van der Waals surface area contributed by atoms with Crippen molar-refractivity contribution in [1.29, 1.82) is 0 Å². The molecule has 0 spiro atoms. The molecular formula is H2Cl2O8Pb. The van der Waals surface area contributed by atoms with E-state index in [4.69, 9.17) is 37.3 Å². The molecule has 0 aliphatic rings. The fourth-order valence-corrected chi connectivity index (χ4v) is 0. The van der Waals surface area contributed by atoms with Crippen LogP contribution in [0.1, 0.15) is 0 Å². The van der Waals surface area contributed by atoms with Crippen LogP contribution in [0.5, 0.6) is 0 Å². The molecule has 0 atom stereocenters. The summed E-state index contributed by atoms with van der Waals surface area (Å²) in [6, 6.07) is 0. The van der Waals surface area contributed by atoms with Gasteiger partial charge in [0.15, 0.2) is 0 Å². The van der Waals surface area contributed by atoms with E-state index in [1.54, 1.807) is 0 Å². The molecule has 11 heteroatoms. The Morgan fingerprint density at radius 3 is 0.455 bits per heavy atom. The summed E-state index contributed by atoms with van der Waals surface area (Å²) >= 11 is 0. The van der Waals surface area contributed by atoms with E-state index in [0.29, 0.717) is 0 Å². The van der Waals surface area contributed by atoms with Gasteiger partial charge < -0.3 is 0 Å². The second-order valence-electron chi connectivity index (χ2n) is 0.756. The van der Waals surface area contributed by atoms with Crippen molar-refractivity contribution in [3.05, 3.63) is 0 Å². The van der Waals surface area contributed by atoms with Crippen molar-refractivity contribution >= 4 is 27.3 Å². The molecule has 0 bridgehead atoms. The molecule has 0 aliphatic carbocycles. The van der Waals surface area contributed by atoms with E-state index in [1.807, 2.05) is 0 Å². The Morgan fingerprint density at radius 1 is 0.455 bits per heavy atom. The van der Waals surface area contributed by atoms with Crippen LogP contribution in [0.25, 0.3) is 0 Å². The van der Waals surface area contributed by atoms with Gasteiger partial charge in [-0.3, -0.25) is 0 Å². The van der Waals surface area contributed by atoms with Gasteiger partial charge >= 0.3 is 27.3 Å². The van der Waals surface area contributed by atoms with E-state index < -0.39 is 20.5 Å². The van der Waals surface area contributed by atoms with Crippen molar-refractivity contribution in [1.82, 2.24) is 0 Å². The molecule has 0 aromatic carbocycles. The third-order valence-electron chi connectivity index (χ3n) is 0. The van der Waals surface area contributed by atoms with E-state index in [-0.39, 0.29) is 27.3 Å². The van der Waals surface area contributed by atoms with Crippen molar-refractivity contribution in [3.63, 3.8) is 0 Å². The number of hydrogen-bond acceptors (Lipinski definition) is 8. The SMILES string of the molecule is [O-][Cl+3]([O-])([O-])[O-].[O-][Cl+3]([O-])([O-])[O-].[PbH2+2]. The monoisotopic (exact) mass is 408 g/mol. The van der Waals surface area contributed by atoms with Gasteiger partial charge in [0.05, 0.1) is 0 Å². The van der Waals surface area contributed by atoms with Crippen LogP contribution in [0.4, 0.5) is 0 Å². The number of rotatable bonds is 0. The number of hydrogen-bond donors (Lipinski definition) is 0. The summed E-state index contributed by atoms with van der Waals surface area (Å²) in [6.45, 7) is 0. The van der Waals surface area contributed by atoms with Gasteiger partial charge in [-0.05, 0) is 0 Å². The van der Waals surface area contributed by atoms with Crippen molar-refractivity contribution in [3.8, 4) is 0 Å². The molecule has 0 N–H and O–H groups in total. The van der Waals surface area contributed by atoms with E-state index in [9.17, 15) is 0 Å². The Hall–Kier alpha value is 1.18. The quantitative estimate of drug-likeness (QED) is 0.354. The molecular weight excluding hydrogens is 406 g/mol. The minimum atomic E-state index is -4.94. The predicted octanol–water partition coefficient (Wildman–Crippen LogP) is -10.4. The zero-order valence-electron chi connectivity index (χ0n) is 4.73. The van der Waals surface area contributed by atoms with E-state index >= 15 is 0 Å². The molecule has 0 fully saturated rings. The third kappa shape index (κ3) is 675. The Labute approximate surface area is 84.9 Å². The van der Waals surface area contributed by atoms with Gasteiger partial charge in [-0.25, -0.2) is 37.3 Å². The summed E-state index contributed by atoms with van der Waals surface area (Å²) in [7, 11) is -9.89. The Bertz CT molecular complexity index is 55.1. The van der Waals surface area contributed by atoms with Crippen LogP contribution in [-0.4, -0.2) is 27.3 Å². The standard InChI is InChI=1S/2ClHO4.Pb.2H/c2*2-1(3,4)5;;;/h2*(H,2,3,4,5);;;/q;;+2;;/p-2. The fraction of sp³-hybridized carbons (Fsp3) is 0. The zero-order chi connectivity index (χ0) is 9.00. The topological polar surface area (TPSA) is 184 Å². The van der Waals surface area contributed by atoms with Gasteiger partial charge in [0.1, 0.15) is 0 Å². The molecule has 68 valence electrons. The number of halogens is 2. The van der Waals surface area contributed by atoms with Crippen molar-refractivity contribution in [2.75, 3.05) is 0 Å². The molecule has 11 heavy (non-hydrogen) atoms. The van der Waals surface area contributed by atoms with Gasteiger partial charge in [-0.1, -0.05) is 0 Å². The minimum absolute atomic E-state index is 0. The summed E-state index contributed by atoms with van der Waals surface area (Å²) in [5.74, 6) is 0. The van der Waals surface area contributed by atoms with Gasteiger partial charge in [-0.2, -0.15) is 0 Å². The average Bonchev–Trinajstić information content (AvgIpc) is 1.12. The van der Waals surface area contributed by atoms with E-state index in [1.165, 1.54) is 0 Å². The Balaban J connectivity index is -0.000000107. The zero-order valence-corrected chi connectivity index (χ0v) is 11.7. The summed E-state index contributed by atoms with van der Waals surface area (Å²) < 4.78 is 67.9. The van der Waals surface area contributed by atoms with Crippen LogP contribution in [0.15, 0.2) is 0 Å². The van der Waals surface area contributed by atoms with E-state index in [2.05, 4.69) is 0 Å². The molecule has 0 amide bonds. The summed E-state index contributed by atoms with van der Waals surface area (Å²) in [4.78, 5) is 0. The van der Waals surface area contributed by atoms with Crippen molar-refractivity contribution in [2.45, 2.75) is 0 Å². The van der Waals surface area contributed by atoms with Crippen LogP contribution in [0, 0.1) is 20.5 Å². The van der Waals surface area contributed by atoms with Gasteiger partial charge in [0, 0.05) is 0 Å². The van der Waals surface area contributed by atoms with Crippen LogP contribution in [0.2, 0.25) is 0 Å². The van der Waals surface area contributed by atoms with Crippen LogP contribution < -0.4 is 37.3 Å². The molecule has 0 aromatic rings. The summed E-state index contributed by atoms with van der Waals surface area (Å²) in [5.41, 5.74) is 0. The molecule has 0 rings (SSSR count). The molecule has 0 unspecified atom stereocenters. The Kier molecular flexibility index (Phi) is 11.0. The molecule has 8 nitrogen and oxygen atoms in total. The normalized spacial score (nSPS) is 10.9. The maximum atomic E-state index is 8.49.